The Balaban J connectivity index is 2.37. The van der Waals surface area contributed by atoms with E-state index in [9.17, 15) is 0 Å². The quantitative estimate of drug-likeness (QED) is 0.711. The van der Waals surface area contributed by atoms with Gasteiger partial charge in [-0.05, 0) is 26.8 Å². The van der Waals surface area contributed by atoms with Crippen molar-refractivity contribution in [3.63, 3.8) is 0 Å². The van der Waals surface area contributed by atoms with Crippen LogP contribution >= 0.6 is 11.3 Å². The fraction of sp³-hybridized carbons (Fsp3) is 0.818. The number of rotatable bonds is 8. The average Bonchev–Trinajstić information content (AvgIpc) is 2.75. The summed E-state index contributed by atoms with van der Waals surface area (Å²) in [6, 6.07) is 0.304. The van der Waals surface area contributed by atoms with Crippen LogP contribution in [0, 0.1) is 0 Å². The standard InChI is InChI=1S/C11H21N3OS/c1-4-7-12-9(3)11-14-13-10(16-11)6-8-15-5-2/h9,12H,4-8H2,1-3H3. The number of hydrogen-bond acceptors (Lipinski definition) is 5. The maximum atomic E-state index is 5.30. The molecule has 0 aromatic carbocycles. The van der Waals surface area contributed by atoms with Gasteiger partial charge in [0, 0.05) is 13.0 Å². The van der Waals surface area contributed by atoms with Crippen molar-refractivity contribution in [2.24, 2.45) is 0 Å². The summed E-state index contributed by atoms with van der Waals surface area (Å²) < 4.78 is 5.30. The Kier molecular flexibility index (Phi) is 6.52. The van der Waals surface area contributed by atoms with E-state index in [4.69, 9.17) is 4.74 Å². The van der Waals surface area contributed by atoms with Gasteiger partial charge in [-0.3, -0.25) is 0 Å². The van der Waals surface area contributed by atoms with Crippen molar-refractivity contribution in [2.75, 3.05) is 19.8 Å². The lowest BCUT2D eigenvalue weighted by Crippen LogP contribution is -2.19. The fourth-order valence-electron chi connectivity index (χ4n) is 1.29. The van der Waals surface area contributed by atoms with Crippen molar-refractivity contribution in [1.29, 1.82) is 0 Å². The second-order valence-electron chi connectivity index (χ2n) is 3.66. The van der Waals surface area contributed by atoms with E-state index in [-0.39, 0.29) is 0 Å². The molecule has 1 unspecified atom stereocenters. The smallest absolute Gasteiger partial charge is 0.134 e. The molecular formula is C11H21N3OS. The summed E-state index contributed by atoms with van der Waals surface area (Å²) in [7, 11) is 0. The van der Waals surface area contributed by atoms with Gasteiger partial charge >= 0.3 is 0 Å². The highest BCUT2D eigenvalue weighted by Gasteiger charge is 2.10. The maximum Gasteiger partial charge on any atom is 0.134 e. The minimum absolute atomic E-state index is 0.304. The monoisotopic (exact) mass is 243 g/mol. The molecule has 0 amide bonds. The van der Waals surface area contributed by atoms with Crippen LogP contribution in [-0.2, 0) is 11.2 Å². The number of ether oxygens (including phenoxy) is 1. The maximum absolute atomic E-state index is 5.30. The van der Waals surface area contributed by atoms with Crippen LogP contribution in [0.3, 0.4) is 0 Å². The topological polar surface area (TPSA) is 47.0 Å². The van der Waals surface area contributed by atoms with E-state index in [0.29, 0.717) is 6.04 Å². The molecule has 1 aromatic heterocycles. The average molecular weight is 243 g/mol. The Morgan fingerprint density at radius 3 is 2.88 bits per heavy atom. The van der Waals surface area contributed by atoms with Crippen molar-refractivity contribution in [2.45, 2.75) is 39.7 Å². The fourth-order valence-corrected chi connectivity index (χ4v) is 2.14. The van der Waals surface area contributed by atoms with Crippen LogP contribution in [0.2, 0.25) is 0 Å². The molecule has 0 bridgehead atoms. The molecule has 1 N–H and O–H groups in total. The molecular weight excluding hydrogens is 222 g/mol. The van der Waals surface area contributed by atoms with E-state index in [1.165, 1.54) is 0 Å². The van der Waals surface area contributed by atoms with Gasteiger partial charge in [0.2, 0.25) is 0 Å². The van der Waals surface area contributed by atoms with Crippen molar-refractivity contribution in [1.82, 2.24) is 15.5 Å². The molecule has 0 saturated carbocycles. The molecule has 1 atom stereocenters. The Hall–Kier alpha value is -0.520. The lowest BCUT2D eigenvalue weighted by atomic mass is 10.3. The van der Waals surface area contributed by atoms with Crippen LogP contribution in [0.4, 0.5) is 0 Å². The molecule has 0 aliphatic heterocycles. The molecule has 92 valence electrons. The van der Waals surface area contributed by atoms with Gasteiger partial charge in [-0.25, -0.2) is 0 Å². The largest absolute Gasteiger partial charge is 0.381 e. The summed E-state index contributed by atoms with van der Waals surface area (Å²) in [6.07, 6.45) is 2.01. The Morgan fingerprint density at radius 2 is 2.19 bits per heavy atom. The van der Waals surface area contributed by atoms with Gasteiger partial charge in [0.15, 0.2) is 0 Å². The van der Waals surface area contributed by atoms with Gasteiger partial charge in [-0.2, -0.15) is 0 Å². The Labute approximate surface area is 101 Å². The zero-order valence-corrected chi connectivity index (χ0v) is 11.1. The first kappa shape index (κ1) is 13.5. The SMILES string of the molecule is CCCNC(C)c1nnc(CCOCC)s1. The van der Waals surface area contributed by atoms with Crippen molar-refractivity contribution in [3.8, 4) is 0 Å². The predicted octanol–water partition coefficient (Wildman–Crippen LogP) is 2.18. The first-order chi connectivity index (χ1) is 7.77. The number of nitrogens with one attached hydrogen (secondary N) is 1. The molecule has 4 nitrogen and oxygen atoms in total. The number of aromatic nitrogens is 2. The van der Waals surface area contributed by atoms with Crippen molar-refractivity contribution >= 4 is 11.3 Å². The molecule has 0 radical (unpaired) electrons. The highest BCUT2D eigenvalue weighted by Crippen LogP contribution is 2.17. The van der Waals surface area contributed by atoms with Gasteiger partial charge in [0.1, 0.15) is 10.0 Å². The number of hydrogen-bond donors (Lipinski definition) is 1. The summed E-state index contributed by atoms with van der Waals surface area (Å²) >= 11 is 1.68. The van der Waals surface area contributed by atoms with Gasteiger partial charge in [-0.1, -0.05) is 18.3 Å². The second kappa shape index (κ2) is 7.70. The first-order valence-electron chi connectivity index (χ1n) is 5.91. The molecule has 0 spiro atoms. The Morgan fingerprint density at radius 1 is 1.38 bits per heavy atom. The highest BCUT2D eigenvalue weighted by atomic mass is 32.1. The Bertz CT molecular complexity index is 291. The lowest BCUT2D eigenvalue weighted by Gasteiger charge is -2.08. The van der Waals surface area contributed by atoms with E-state index in [2.05, 4.69) is 29.4 Å². The molecule has 0 aliphatic carbocycles. The second-order valence-corrected chi connectivity index (χ2v) is 4.75. The van der Waals surface area contributed by atoms with E-state index in [1.54, 1.807) is 11.3 Å². The summed E-state index contributed by atoms with van der Waals surface area (Å²) in [4.78, 5) is 0. The molecule has 0 fully saturated rings. The van der Waals surface area contributed by atoms with Crippen LogP contribution in [0.1, 0.15) is 43.2 Å². The third kappa shape index (κ3) is 4.55. The van der Waals surface area contributed by atoms with Gasteiger partial charge < -0.3 is 10.1 Å². The molecule has 1 heterocycles. The third-order valence-electron chi connectivity index (χ3n) is 2.22. The van der Waals surface area contributed by atoms with E-state index >= 15 is 0 Å². The summed E-state index contributed by atoms with van der Waals surface area (Å²) in [5, 5.41) is 13.9. The lowest BCUT2D eigenvalue weighted by molar-refractivity contribution is 0.150. The normalized spacial score (nSPS) is 12.9. The van der Waals surface area contributed by atoms with Crippen molar-refractivity contribution < 1.29 is 4.74 Å². The minimum atomic E-state index is 0.304. The predicted molar refractivity (Wildman–Crippen MR) is 66.8 cm³/mol. The summed E-state index contributed by atoms with van der Waals surface area (Å²) in [5.41, 5.74) is 0. The van der Waals surface area contributed by atoms with Crippen LogP contribution < -0.4 is 5.32 Å². The van der Waals surface area contributed by atoms with Crippen LogP contribution in [-0.4, -0.2) is 30.0 Å². The molecule has 16 heavy (non-hydrogen) atoms. The third-order valence-corrected chi connectivity index (χ3v) is 3.38. The minimum Gasteiger partial charge on any atom is -0.381 e. The van der Waals surface area contributed by atoms with E-state index in [0.717, 1.165) is 42.6 Å². The molecule has 1 rings (SSSR count). The highest BCUT2D eigenvalue weighted by molar-refractivity contribution is 7.11. The van der Waals surface area contributed by atoms with Crippen molar-refractivity contribution in [3.05, 3.63) is 10.0 Å². The van der Waals surface area contributed by atoms with E-state index < -0.39 is 0 Å². The van der Waals surface area contributed by atoms with Crippen LogP contribution in [0.5, 0.6) is 0 Å². The van der Waals surface area contributed by atoms with Crippen LogP contribution in [0.15, 0.2) is 0 Å². The van der Waals surface area contributed by atoms with Gasteiger partial charge in [0.05, 0.1) is 12.6 Å². The first-order valence-corrected chi connectivity index (χ1v) is 6.73. The van der Waals surface area contributed by atoms with Gasteiger partial charge in [0.25, 0.3) is 0 Å². The number of nitrogens with zero attached hydrogens (tertiary/aromatic N) is 2. The molecule has 0 saturated heterocycles. The zero-order chi connectivity index (χ0) is 11.8. The summed E-state index contributed by atoms with van der Waals surface area (Å²) in [6.45, 7) is 8.81. The zero-order valence-electron chi connectivity index (χ0n) is 10.3. The van der Waals surface area contributed by atoms with Crippen LogP contribution in [0.25, 0.3) is 0 Å². The molecule has 5 heteroatoms. The molecule has 1 aromatic rings. The van der Waals surface area contributed by atoms with Gasteiger partial charge in [-0.15, -0.1) is 10.2 Å². The van der Waals surface area contributed by atoms with E-state index in [1.807, 2.05) is 6.92 Å². The summed E-state index contributed by atoms with van der Waals surface area (Å²) in [5.74, 6) is 0. The molecule has 0 aliphatic rings.